The molecule has 5 heteroatoms. The molecule has 3 rings (SSSR count). The molecule has 4 nitrogen and oxygen atoms in total. The highest BCUT2D eigenvalue weighted by Gasteiger charge is 2.30. The van der Waals surface area contributed by atoms with Crippen molar-refractivity contribution in [3.05, 3.63) is 40.6 Å². The van der Waals surface area contributed by atoms with Crippen LogP contribution in [-0.4, -0.2) is 27.0 Å². The van der Waals surface area contributed by atoms with E-state index in [1.165, 1.54) is 10.4 Å². The second kappa shape index (κ2) is 4.57. The number of amides is 1. The second-order valence-electron chi connectivity index (χ2n) is 4.42. The van der Waals surface area contributed by atoms with Crippen LogP contribution in [0.4, 0.5) is 4.79 Å². The molecule has 1 atom stereocenters. The van der Waals surface area contributed by atoms with Crippen LogP contribution in [0.15, 0.2) is 30.2 Å². The summed E-state index contributed by atoms with van der Waals surface area (Å²) in [5, 5.41) is 2.12. The van der Waals surface area contributed by atoms with E-state index in [1.807, 2.05) is 4.90 Å². The fourth-order valence-corrected chi connectivity index (χ4v) is 3.51. The molecule has 1 unspecified atom stereocenters. The van der Waals surface area contributed by atoms with E-state index in [1.54, 1.807) is 34.6 Å². The molecular formula is C13H15N3OS. The first-order valence-electron chi connectivity index (χ1n) is 6.16. The van der Waals surface area contributed by atoms with Gasteiger partial charge in [0, 0.05) is 23.8 Å². The van der Waals surface area contributed by atoms with Crippen LogP contribution in [0.25, 0.3) is 0 Å². The molecule has 0 fully saturated rings. The topological polar surface area (TPSA) is 38.1 Å². The summed E-state index contributed by atoms with van der Waals surface area (Å²) >= 11 is 1.80. The van der Waals surface area contributed by atoms with E-state index in [0.29, 0.717) is 0 Å². The maximum absolute atomic E-state index is 12.4. The number of carbonyl (C=O) groups is 1. The van der Waals surface area contributed by atoms with Crippen LogP contribution in [-0.2, 0) is 6.42 Å². The number of hydrogen-bond donors (Lipinski definition) is 0. The molecule has 0 spiro atoms. The van der Waals surface area contributed by atoms with Crippen LogP contribution >= 0.6 is 11.3 Å². The summed E-state index contributed by atoms with van der Waals surface area (Å²) < 4.78 is 1.56. The summed E-state index contributed by atoms with van der Waals surface area (Å²) in [7, 11) is 0. The molecule has 0 saturated carbocycles. The van der Waals surface area contributed by atoms with Gasteiger partial charge in [0.1, 0.15) is 6.33 Å². The fraction of sp³-hybridized carbons (Fsp3) is 0.385. The number of thiophene rings is 1. The van der Waals surface area contributed by atoms with E-state index in [4.69, 9.17) is 0 Å². The summed E-state index contributed by atoms with van der Waals surface area (Å²) in [5.41, 5.74) is 1.32. The Balaban J connectivity index is 1.92. The van der Waals surface area contributed by atoms with Gasteiger partial charge in [-0.05, 0) is 29.9 Å². The molecule has 0 radical (unpaired) electrons. The molecular weight excluding hydrogens is 246 g/mol. The predicted octanol–water partition coefficient (Wildman–Crippen LogP) is 2.92. The predicted molar refractivity (Wildman–Crippen MR) is 70.8 cm³/mol. The van der Waals surface area contributed by atoms with Gasteiger partial charge in [-0.2, -0.15) is 0 Å². The standard InChI is InChI=1S/C13H15N3OS/c1-2-11-10-4-8-18-12(10)3-6-16(11)13(17)15-7-5-14-9-15/h4-5,7-9,11H,2-3,6H2,1H3. The van der Waals surface area contributed by atoms with Crippen LogP contribution < -0.4 is 0 Å². The normalized spacial score (nSPS) is 18.7. The molecule has 0 N–H and O–H groups in total. The quantitative estimate of drug-likeness (QED) is 0.791. The van der Waals surface area contributed by atoms with E-state index in [2.05, 4.69) is 23.4 Å². The minimum atomic E-state index is 0.0243. The van der Waals surface area contributed by atoms with Crippen LogP contribution in [0.2, 0.25) is 0 Å². The first-order chi connectivity index (χ1) is 8.81. The molecule has 2 aromatic rings. The Morgan fingerprint density at radius 3 is 3.22 bits per heavy atom. The van der Waals surface area contributed by atoms with Crippen molar-refractivity contribution in [2.75, 3.05) is 6.54 Å². The van der Waals surface area contributed by atoms with Crippen LogP contribution in [0.1, 0.15) is 29.8 Å². The fourth-order valence-electron chi connectivity index (χ4n) is 2.59. The first-order valence-corrected chi connectivity index (χ1v) is 7.04. The van der Waals surface area contributed by atoms with Crippen LogP contribution in [0, 0.1) is 0 Å². The Hall–Kier alpha value is -1.62. The summed E-state index contributed by atoms with van der Waals surface area (Å²) in [6.07, 6.45) is 6.82. The summed E-state index contributed by atoms with van der Waals surface area (Å²) in [5.74, 6) is 0. The second-order valence-corrected chi connectivity index (χ2v) is 5.42. The number of fused-ring (bicyclic) bond motifs is 1. The highest BCUT2D eigenvalue weighted by molar-refractivity contribution is 7.10. The average molecular weight is 261 g/mol. The maximum atomic E-state index is 12.4. The highest BCUT2D eigenvalue weighted by atomic mass is 32.1. The Morgan fingerprint density at radius 2 is 2.50 bits per heavy atom. The van der Waals surface area contributed by atoms with Gasteiger partial charge in [-0.25, -0.2) is 9.78 Å². The minimum absolute atomic E-state index is 0.0243. The zero-order valence-electron chi connectivity index (χ0n) is 10.2. The smallest absolute Gasteiger partial charge is 0.317 e. The van der Waals surface area contributed by atoms with Crippen molar-refractivity contribution in [2.24, 2.45) is 0 Å². The number of rotatable bonds is 1. The van der Waals surface area contributed by atoms with E-state index in [9.17, 15) is 4.79 Å². The molecule has 0 saturated heterocycles. The average Bonchev–Trinajstić information content (AvgIpc) is 3.06. The number of hydrogen-bond acceptors (Lipinski definition) is 3. The van der Waals surface area contributed by atoms with Gasteiger partial charge in [0.25, 0.3) is 0 Å². The lowest BCUT2D eigenvalue weighted by molar-refractivity contribution is 0.169. The van der Waals surface area contributed by atoms with E-state index in [-0.39, 0.29) is 12.1 Å². The third-order valence-corrected chi connectivity index (χ3v) is 4.45. The summed E-state index contributed by atoms with van der Waals surface area (Å²) in [4.78, 5) is 19.7. The molecule has 1 aliphatic rings. The lowest BCUT2D eigenvalue weighted by Gasteiger charge is -2.35. The van der Waals surface area contributed by atoms with Gasteiger partial charge in [-0.3, -0.25) is 4.57 Å². The number of aromatic nitrogens is 2. The van der Waals surface area contributed by atoms with Crippen molar-refractivity contribution in [3.8, 4) is 0 Å². The molecule has 0 aliphatic carbocycles. The number of carbonyl (C=O) groups excluding carboxylic acids is 1. The van der Waals surface area contributed by atoms with Crippen molar-refractivity contribution in [3.63, 3.8) is 0 Å². The molecule has 94 valence electrons. The lowest BCUT2D eigenvalue weighted by atomic mass is 9.98. The molecule has 18 heavy (non-hydrogen) atoms. The van der Waals surface area contributed by atoms with Crippen molar-refractivity contribution in [2.45, 2.75) is 25.8 Å². The molecule has 1 amide bonds. The van der Waals surface area contributed by atoms with Gasteiger partial charge in [0.2, 0.25) is 0 Å². The molecule has 0 bridgehead atoms. The third-order valence-electron chi connectivity index (χ3n) is 3.45. The first kappa shape index (κ1) is 11.5. The zero-order valence-corrected chi connectivity index (χ0v) is 11.1. The Bertz CT molecular complexity index is 546. The van der Waals surface area contributed by atoms with E-state index < -0.39 is 0 Å². The molecule has 0 aromatic carbocycles. The number of imidazole rings is 1. The summed E-state index contributed by atoms with van der Waals surface area (Å²) in [6, 6.07) is 2.38. The van der Waals surface area contributed by atoms with Gasteiger partial charge in [0.15, 0.2) is 0 Å². The lowest BCUT2D eigenvalue weighted by Crippen LogP contribution is -2.41. The van der Waals surface area contributed by atoms with E-state index >= 15 is 0 Å². The molecule has 2 aromatic heterocycles. The maximum Gasteiger partial charge on any atom is 0.329 e. The number of nitrogens with zero attached hydrogens (tertiary/aromatic N) is 3. The molecule has 3 heterocycles. The van der Waals surface area contributed by atoms with Gasteiger partial charge >= 0.3 is 6.03 Å². The SMILES string of the molecule is CCC1c2ccsc2CCN1C(=O)n1ccnc1. The van der Waals surface area contributed by atoms with Crippen molar-refractivity contribution < 1.29 is 4.79 Å². The van der Waals surface area contributed by atoms with Crippen molar-refractivity contribution in [1.29, 1.82) is 0 Å². The Morgan fingerprint density at radius 1 is 1.61 bits per heavy atom. The largest absolute Gasteiger partial charge is 0.329 e. The highest BCUT2D eigenvalue weighted by Crippen LogP contribution is 2.35. The zero-order chi connectivity index (χ0) is 12.5. The van der Waals surface area contributed by atoms with E-state index in [0.717, 1.165) is 19.4 Å². The molecule has 1 aliphatic heterocycles. The van der Waals surface area contributed by atoms with Crippen molar-refractivity contribution in [1.82, 2.24) is 14.5 Å². The van der Waals surface area contributed by atoms with Gasteiger partial charge in [-0.1, -0.05) is 6.92 Å². The van der Waals surface area contributed by atoms with Crippen molar-refractivity contribution >= 4 is 17.4 Å². The van der Waals surface area contributed by atoms with Gasteiger partial charge in [-0.15, -0.1) is 11.3 Å². The minimum Gasteiger partial charge on any atom is -0.317 e. The Labute approximate surface area is 110 Å². The monoisotopic (exact) mass is 261 g/mol. The van der Waals surface area contributed by atoms with Gasteiger partial charge in [0.05, 0.1) is 6.04 Å². The Kier molecular flexibility index (Phi) is 2.91. The third kappa shape index (κ3) is 1.75. The van der Waals surface area contributed by atoms with Crippen LogP contribution in [0.5, 0.6) is 0 Å². The van der Waals surface area contributed by atoms with Crippen LogP contribution in [0.3, 0.4) is 0 Å². The summed E-state index contributed by atoms with van der Waals surface area (Å²) in [6.45, 7) is 2.93. The van der Waals surface area contributed by atoms with Gasteiger partial charge < -0.3 is 4.90 Å².